The molecule has 5 nitrogen and oxygen atoms in total. The summed E-state index contributed by atoms with van der Waals surface area (Å²) in [4.78, 5) is 24.4. The lowest BCUT2D eigenvalue weighted by atomic mass is 10.0. The number of amides is 1. The normalized spacial score (nSPS) is 14.1. The summed E-state index contributed by atoms with van der Waals surface area (Å²) in [5.41, 5.74) is 0. The summed E-state index contributed by atoms with van der Waals surface area (Å²) in [6.07, 6.45) is 9.95. The molecule has 27 heavy (non-hydrogen) atoms. The Kier molecular flexibility index (Phi) is 15.7. The molecule has 158 valence electrons. The van der Waals surface area contributed by atoms with Crippen LogP contribution in [-0.2, 0) is 14.3 Å². The van der Waals surface area contributed by atoms with Crippen LogP contribution in [0.15, 0.2) is 12.7 Å². The average molecular weight is 384 g/mol. The van der Waals surface area contributed by atoms with Crippen molar-refractivity contribution in [2.45, 2.75) is 91.5 Å². The quantitative estimate of drug-likeness (QED) is 0.277. The maximum Gasteiger partial charge on any atom is 0.407 e. The van der Waals surface area contributed by atoms with Gasteiger partial charge < -0.3 is 14.8 Å². The van der Waals surface area contributed by atoms with Gasteiger partial charge in [0.15, 0.2) is 0 Å². The number of esters is 1. The van der Waals surface area contributed by atoms with Crippen LogP contribution in [0.4, 0.5) is 4.79 Å². The van der Waals surface area contributed by atoms with Crippen molar-refractivity contribution in [2.75, 3.05) is 13.2 Å². The highest BCUT2D eigenvalue weighted by Gasteiger charge is 2.23. The van der Waals surface area contributed by atoms with E-state index in [4.69, 9.17) is 9.47 Å². The highest BCUT2D eigenvalue weighted by atomic mass is 16.6. The molecular formula is C22H41NO4. The zero-order chi connectivity index (χ0) is 20.5. The van der Waals surface area contributed by atoms with E-state index in [1.54, 1.807) is 6.08 Å². The van der Waals surface area contributed by atoms with Gasteiger partial charge in [-0.05, 0) is 31.1 Å². The molecule has 0 aliphatic heterocycles. The zero-order valence-electron chi connectivity index (χ0n) is 17.9. The van der Waals surface area contributed by atoms with Crippen LogP contribution in [0.25, 0.3) is 0 Å². The lowest BCUT2D eigenvalue weighted by molar-refractivity contribution is -0.147. The lowest BCUT2D eigenvalue weighted by Crippen LogP contribution is -2.42. The molecule has 0 radical (unpaired) electrons. The van der Waals surface area contributed by atoms with Crippen LogP contribution >= 0.6 is 0 Å². The number of carbonyl (C=O) groups is 2. The lowest BCUT2D eigenvalue weighted by Gasteiger charge is -2.20. The van der Waals surface area contributed by atoms with Crippen molar-refractivity contribution in [3.8, 4) is 0 Å². The van der Waals surface area contributed by atoms with Gasteiger partial charge in [0, 0.05) is 0 Å². The summed E-state index contributed by atoms with van der Waals surface area (Å²) in [6, 6.07) is -0.741. The van der Waals surface area contributed by atoms with Crippen LogP contribution in [-0.4, -0.2) is 31.3 Å². The predicted molar refractivity (Wildman–Crippen MR) is 111 cm³/mol. The summed E-state index contributed by atoms with van der Waals surface area (Å²) < 4.78 is 10.8. The van der Waals surface area contributed by atoms with Crippen LogP contribution in [0, 0.1) is 11.8 Å². The third-order valence-corrected chi connectivity index (χ3v) is 4.98. The first kappa shape index (κ1) is 25.5. The Hall–Kier alpha value is -1.52. The third kappa shape index (κ3) is 12.5. The Morgan fingerprint density at radius 1 is 0.926 bits per heavy atom. The van der Waals surface area contributed by atoms with Gasteiger partial charge in [-0.15, -0.1) is 6.58 Å². The van der Waals surface area contributed by atoms with Crippen LogP contribution < -0.4 is 5.32 Å². The van der Waals surface area contributed by atoms with Crippen molar-refractivity contribution >= 4 is 12.1 Å². The van der Waals surface area contributed by atoms with Crippen molar-refractivity contribution in [2.24, 2.45) is 11.8 Å². The summed E-state index contributed by atoms with van der Waals surface area (Å²) in [7, 11) is 0. The Morgan fingerprint density at radius 3 is 1.89 bits per heavy atom. The molecular weight excluding hydrogens is 342 g/mol. The second-order valence-electron chi connectivity index (χ2n) is 7.28. The molecule has 0 fully saturated rings. The predicted octanol–water partition coefficient (Wildman–Crippen LogP) is 5.63. The van der Waals surface area contributed by atoms with Crippen LogP contribution in [0.1, 0.15) is 85.5 Å². The Labute approximate surface area is 166 Å². The van der Waals surface area contributed by atoms with Gasteiger partial charge in [0.25, 0.3) is 0 Å². The van der Waals surface area contributed by atoms with Gasteiger partial charge in [0.2, 0.25) is 0 Å². The fourth-order valence-electron chi connectivity index (χ4n) is 2.85. The van der Waals surface area contributed by atoms with Crippen LogP contribution in [0.2, 0.25) is 0 Å². The number of unbranched alkanes of at least 4 members (excludes halogenated alkanes) is 2. The summed E-state index contributed by atoms with van der Waals surface area (Å²) >= 11 is 0. The third-order valence-electron chi connectivity index (χ3n) is 4.98. The molecule has 0 aromatic carbocycles. The Morgan fingerprint density at radius 2 is 1.44 bits per heavy atom. The maximum atomic E-state index is 12.4. The fraction of sp³-hybridized carbons (Fsp3) is 0.818. The standard InChI is InChI=1S/C22H41NO4/c1-6-11-14-18(9-4)16-26-21(24)20(13-8-3)23-22(25)27-17-19(10-5)15-12-7-2/h8,18-20H,3,6-7,9-17H2,1-2,4-5H3,(H,23,25). The number of ether oxygens (including phenoxy) is 2. The van der Waals surface area contributed by atoms with Gasteiger partial charge in [-0.1, -0.05) is 72.3 Å². The van der Waals surface area contributed by atoms with Gasteiger partial charge in [-0.2, -0.15) is 0 Å². The highest BCUT2D eigenvalue weighted by molar-refractivity contribution is 5.81. The van der Waals surface area contributed by atoms with E-state index >= 15 is 0 Å². The second-order valence-corrected chi connectivity index (χ2v) is 7.28. The molecule has 0 aromatic heterocycles. The molecule has 0 aliphatic carbocycles. The van der Waals surface area contributed by atoms with Crippen molar-refractivity contribution < 1.29 is 19.1 Å². The van der Waals surface area contributed by atoms with Gasteiger partial charge in [-0.25, -0.2) is 9.59 Å². The van der Waals surface area contributed by atoms with E-state index in [0.29, 0.717) is 31.5 Å². The Bertz CT molecular complexity index is 411. The monoisotopic (exact) mass is 383 g/mol. The fourth-order valence-corrected chi connectivity index (χ4v) is 2.85. The summed E-state index contributed by atoms with van der Waals surface area (Å²) in [6.45, 7) is 12.9. The zero-order valence-corrected chi connectivity index (χ0v) is 17.9. The van der Waals surface area contributed by atoms with E-state index in [-0.39, 0.29) is 0 Å². The average Bonchev–Trinajstić information content (AvgIpc) is 2.67. The van der Waals surface area contributed by atoms with Gasteiger partial charge in [0.05, 0.1) is 13.2 Å². The van der Waals surface area contributed by atoms with Crippen molar-refractivity contribution in [3.63, 3.8) is 0 Å². The van der Waals surface area contributed by atoms with Gasteiger partial charge in [0.1, 0.15) is 6.04 Å². The number of nitrogens with one attached hydrogen (secondary N) is 1. The minimum absolute atomic E-state index is 0.326. The van der Waals surface area contributed by atoms with Crippen LogP contribution in [0.3, 0.4) is 0 Å². The molecule has 0 heterocycles. The molecule has 0 rings (SSSR count). The molecule has 0 aliphatic rings. The number of carbonyl (C=O) groups excluding carboxylic acids is 2. The molecule has 3 unspecified atom stereocenters. The first-order valence-corrected chi connectivity index (χ1v) is 10.7. The first-order chi connectivity index (χ1) is 13.0. The van der Waals surface area contributed by atoms with E-state index in [1.807, 2.05) is 0 Å². The van der Waals surface area contributed by atoms with E-state index in [1.165, 1.54) is 0 Å². The van der Waals surface area contributed by atoms with Crippen molar-refractivity contribution in [1.82, 2.24) is 5.32 Å². The molecule has 0 saturated heterocycles. The second kappa shape index (κ2) is 16.6. The number of hydrogen-bond acceptors (Lipinski definition) is 4. The maximum absolute atomic E-state index is 12.4. The van der Waals surface area contributed by atoms with Crippen LogP contribution in [0.5, 0.6) is 0 Å². The van der Waals surface area contributed by atoms with Crippen molar-refractivity contribution in [1.29, 1.82) is 0 Å². The minimum atomic E-state index is -0.741. The molecule has 5 heteroatoms. The SMILES string of the molecule is C=CCC(NC(=O)OCC(CC)CCCC)C(=O)OCC(CC)CCCC. The number of hydrogen-bond donors (Lipinski definition) is 1. The largest absolute Gasteiger partial charge is 0.464 e. The topological polar surface area (TPSA) is 64.6 Å². The van der Waals surface area contributed by atoms with Gasteiger partial charge in [-0.3, -0.25) is 0 Å². The minimum Gasteiger partial charge on any atom is -0.464 e. The highest BCUT2D eigenvalue weighted by Crippen LogP contribution is 2.14. The molecule has 1 amide bonds. The van der Waals surface area contributed by atoms with E-state index in [9.17, 15) is 9.59 Å². The molecule has 3 atom stereocenters. The number of alkyl carbamates (subject to hydrolysis) is 1. The first-order valence-electron chi connectivity index (χ1n) is 10.7. The molecule has 0 saturated carbocycles. The number of rotatable bonds is 16. The Balaban J connectivity index is 4.44. The van der Waals surface area contributed by atoms with E-state index in [2.05, 4.69) is 39.6 Å². The van der Waals surface area contributed by atoms with Gasteiger partial charge >= 0.3 is 12.1 Å². The van der Waals surface area contributed by atoms with E-state index < -0.39 is 18.1 Å². The summed E-state index contributed by atoms with van der Waals surface area (Å²) in [5, 5.41) is 2.63. The molecule has 0 bridgehead atoms. The molecule has 0 aromatic rings. The summed E-state index contributed by atoms with van der Waals surface area (Å²) in [5.74, 6) is 0.318. The van der Waals surface area contributed by atoms with E-state index in [0.717, 1.165) is 51.4 Å². The molecule has 1 N–H and O–H groups in total. The van der Waals surface area contributed by atoms with Crippen molar-refractivity contribution in [3.05, 3.63) is 12.7 Å². The smallest absolute Gasteiger partial charge is 0.407 e. The molecule has 0 spiro atoms.